The van der Waals surface area contributed by atoms with E-state index in [1.807, 2.05) is 6.07 Å². The molecule has 0 bridgehead atoms. The largest absolute Gasteiger partial charge is 0.442 e. The van der Waals surface area contributed by atoms with E-state index in [1.54, 1.807) is 6.92 Å². The number of nitrogens with zero attached hydrogens (tertiary/aromatic N) is 1. The standard InChI is InChI=1S/C25H43NO2/c1-4-5-6-7-8-9-10-11-12-13-14-15-16-17-18-19-20-21-25(27)28-24(22-26)23(2)3/h9-10,24H,2,4-8,11-21H2,1,3H3/b10-9-. The summed E-state index contributed by atoms with van der Waals surface area (Å²) >= 11 is 0. The number of nitriles is 1. The lowest BCUT2D eigenvalue weighted by molar-refractivity contribution is -0.145. The van der Waals surface area contributed by atoms with Gasteiger partial charge in [-0.3, -0.25) is 4.79 Å². The fraction of sp³-hybridized carbons (Fsp3) is 0.760. The zero-order chi connectivity index (χ0) is 20.9. The number of carbonyl (C=O) groups is 1. The third-order valence-corrected chi connectivity index (χ3v) is 4.96. The second kappa shape index (κ2) is 20.2. The monoisotopic (exact) mass is 389 g/mol. The number of hydrogen-bond acceptors (Lipinski definition) is 3. The molecule has 1 unspecified atom stereocenters. The second-order valence-electron chi connectivity index (χ2n) is 7.89. The molecule has 3 heteroatoms. The average Bonchev–Trinajstić information content (AvgIpc) is 2.68. The van der Waals surface area contributed by atoms with Gasteiger partial charge < -0.3 is 4.74 Å². The van der Waals surface area contributed by atoms with E-state index < -0.39 is 6.10 Å². The minimum atomic E-state index is -0.797. The Hall–Kier alpha value is -1.56. The first-order valence-corrected chi connectivity index (χ1v) is 11.5. The summed E-state index contributed by atoms with van der Waals surface area (Å²) < 4.78 is 5.09. The van der Waals surface area contributed by atoms with Gasteiger partial charge in [0.1, 0.15) is 6.07 Å². The van der Waals surface area contributed by atoms with Crippen LogP contribution < -0.4 is 0 Å². The Kier molecular flexibility index (Phi) is 19.1. The summed E-state index contributed by atoms with van der Waals surface area (Å²) in [6.07, 6.45) is 23.2. The van der Waals surface area contributed by atoms with Gasteiger partial charge in [-0.2, -0.15) is 5.26 Å². The van der Waals surface area contributed by atoms with Gasteiger partial charge in [0.25, 0.3) is 0 Å². The number of unbranched alkanes of at least 4 members (excludes halogenated alkanes) is 13. The highest BCUT2D eigenvalue weighted by Gasteiger charge is 2.13. The van der Waals surface area contributed by atoms with Crippen LogP contribution in [0.3, 0.4) is 0 Å². The van der Waals surface area contributed by atoms with Crippen LogP contribution in [-0.4, -0.2) is 12.1 Å². The van der Waals surface area contributed by atoms with Crippen molar-refractivity contribution in [3.05, 3.63) is 24.3 Å². The Morgan fingerprint density at radius 2 is 1.36 bits per heavy atom. The molecule has 0 saturated carbocycles. The molecule has 0 aliphatic carbocycles. The summed E-state index contributed by atoms with van der Waals surface area (Å²) in [5.41, 5.74) is 0.578. The molecule has 28 heavy (non-hydrogen) atoms. The van der Waals surface area contributed by atoms with Gasteiger partial charge >= 0.3 is 5.97 Å². The Morgan fingerprint density at radius 1 is 0.893 bits per heavy atom. The molecule has 1 atom stereocenters. The van der Waals surface area contributed by atoms with Crippen molar-refractivity contribution in [1.29, 1.82) is 5.26 Å². The van der Waals surface area contributed by atoms with E-state index in [-0.39, 0.29) is 5.97 Å². The Balaban J connectivity index is 3.32. The number of carbonyl (C=O) groups excluding carboxylic acids is 1. The highest BCUT2D eigenvalue weighted by Crippen LogP contribution is 2.13. The van der Waals surface area contributed by atoms with Gasteiger partial charge in [-0.15, -0.1) is 0 Å². The molecule has 0 aromatic heterocycles. The number of ether oxygens (including phenoxy) is 1. The predicted molar refractivity (Wildman–Crippen MR) is 119 cm³/mol. The maximum atomic E-state index is 11.7. The number of rotatable bonds is 19. The van der Waals surface area contributed by atoms with Gasteiger partial charge in [0.2, 0.25) is 6.10 Å². The molecule has 0 heterocycles. The van der Waals surface area contributed by atoms with Crippen LogP contribution in [0.15, 0.2) is 24.3 Å². The minimum Gasteiger partial charge on any atom is -0.442 e. The Morgan fingerprint density at radius 3 is 1.82 bits per heavy atom. The van der Waals surface area contributed by atoms with Gasteiger partial charge in [-0.1, -0.05) is 89.9 Å². The first kappa shape index (κ1) is 26.4. The quantitative estimate of drug-likeness (QED) is 0.128. The van der Waals surface area contributed by atoms with Crippen LogP contribution in [0, 0.1) is 11.3 Å². The SMILES string of the molecule is C=C(C)C(C#N)OC(=O)CCCCCCCCCCC/C=C\CCCCCC. The van der Waals surface area contributed by atoms with Crippen molar-refractivity contribution in [2.75, 3.05) is 0 Å². The van der Waals surface area contributed by atoms with E-state index in [0.29, 0.717) is 12.0 Å². The van der Waals surface area contributed by atoms with Crippen LogP contribution >= 0.6 is 0 Å². The van der Waals surface area contributed by atoms with Gasteiger partial charge in [-0.05, 0) is 44.6 Å². The maximum Gasteiger partial charge on any atom is 0.307 e. The van der Waals surface area contributed by atoms with Crippen molar-refractivity contribution in [3.63, 3.8) is 0 Å². The van der Waals surface area contributed by atoms with E-state index in [9.17, 15) is 4.79 Å². The van der Waals surface area contributed by atoms with Crippen molar-refractivity contribution >= 4 is 5.97 Å². The molecule has 160 valence electrons. The Labute approximate surface area is 174 Å². The second-order valence-corrected chi connectivity index (χ2v) is 7.89. The maximum absolute atomic E-state index is 11.7. The van der Waals surface area contributed by atoms with Gasteiger partial charge in [-0.25, -0.2) is 0 Å². The lowest BCUT2D eigenvalue weighted by Crippen LogP contribution is -2.16. The molecule has 0 aromatic carbocycles. The normalized spacial score (nSPS) is 12.0. The van der Waals surface area contributed by atoms with Crippen molar-refractivity contribution in [1.82, 2.24) is 0 Å². The molecule has 0 aliphatic heterocycles. The van der Waals surface area contributed by atoms with Crippen LogP contribution in [0.1, 0.15) is 117 Å². The molecule has 0 radical (unpaired) electrons. The first-order valence-electron chi connectivity index (χ1n) is 11.5. The number of esters is 1. The van der Waals surface area contributed by atoms with Crippen LogP contribution in [0.25, 0.3) is 0 Å². The van der Waals surface area contributed by atoms with Crippen molar-refractivity contribution in [2.45, 2.75) is 123 Å². The van der Waals surface area contributed by atoms with Gasteiger partial charge in [0.05, 0.1) is 0 Å². The molecule has 0 rings (SSSR count). The van der Waals surface area contributed by atoms with Crippen molar-refractivity contribution < 1.29 is 9.53 Å². The molecule has 0 N–H and O–H groups in total. The number of hydrogen-bond donors (Lipinski definition) is 0. The molecule has 0 saturated heterocycles. The summed E-state index contributed by atoms with van der Waals surface area (Å²) in [7, 11) is 0. The van der Waals surface area contributed by atoms with Gasteiger partial charge in [0, 0.05) is 6.42 Å². The molecule has 0 spiro atoms. The molecular formula is C25H43NO2. The summed E-state index contributed by atoms with van der Waals surface area (Å²) in [5.74, 6) is -0.287. The van der Waals surface area contributed by atoms with E-state index in [1.165, 1.54) is 83.5 Å². The van der Waals surface area contributed by atoms with Crippen LogP contribution in [-0.2, 0) is 9.53 Å². The van der Waals surface area contributed by atoms with Gasteiger partial charge in [0.15, 0.2) is 0 Å². The summed E-state index contributed by atoms with van der Waals surface area (Å²) in [6, 6.07) is 1.94. The van der Waals surface area contributed by atoms with E-state index in [0.717, 1.165) is 12.8 Å². The molecular weight excluding hydrogens is 346 g/mol. The molecule has 0 amide bonds. The van der Waals surface area contributed by atoms with E-state index in [4.69, 9.17) is 10.00 Å². The lowest BCUT2D eigenvalue weighted by Gasteiger charge is -2.10. The highest BCUT2D eigenvalue weighted by atomic mass is 16.5. The minimum absolute atomic E-state index is 0.287. The average molecular weight is 390 g/mol. The zero-order valence-corrected chi connectivity index (χ0v) is 18.5. The smallest absolute Gasteiger partial charge is 0.307 e. The lowest BCUT2D eigenvalue weighted by atomic mass is 10.1. The fourth-order valence-electron chi connectivity index (χ4n) is 3.12. The third-order valence-electron chi connectivity index (χ3n) is 4.96. The highest BCUT2D eigenvalue weighted by molar-refractivity contribution is 5.70. The zero-order valence-electron chi connectivity index (χ0n) is 18.5. The Bertz CT molecular complexity index is 462. The van der Waals surface area contributed by atoms with Crippen LogP contribution in [0.4, 0.5) is 0 Å². The van der Waals surface area contributed by atoms with E-state index in [2.05, 4.69) is 25.7 Å². The summed E-state index contributed by atoms with van der Waals surface area (Å²) in [5, 5.41) is 8.87. The topological polar surface area (TPSA) is 50.1 Å². The van der Waals surface area contributed by atoms with Crippen LogP contribution in [0.2, 0.25) is 0 Å². The molecule has 3 nitrogen and oxygen atoms in total. The summed E-state index contributed by atoms with van der Waals surface area (Å²) in [6.45, 7) is 7.62. The van der Waals surface area contributed by atoms with Crippen molar-refractivity contribution in [3.8, 4) is 6.07 Å². The van der Waals surface area contributed by atoms with E-state index >= 15 is 0 Å². The summed E-state index contributed by atoms with van der Waals surface area (Å²) in [4.78, 5) is 11.7. The van der Waals surface area contributed by atoms with Crippen molar-refractivity contribution in [2.24, 2.45) is 0 Å². The molecule has 0 aromatic rings. The predicted octanol–water partition coefficient (Wildman–Crippen LogP) is 7.82. The number of allylic oxidation sites excluding steroid dienone is 2. The fourth-order valence-corrected chi connectivity index (χ4v) is 3.12. The van der Waals surface area contributed by atoms with Crippen LogP contribution in [0.5, 0.6) is 0 Å². The first-order chi connectivity index (χ1) is 13.6. The molecule has 0 aliphatic rings. The third kappa shape index (κ3) is 17.8. The molecule has 0 fully saturated rings.